The average Bonchev–Trinajstić information content (AvgIpc) is 2.85. The van der Waals surface area contributed by atoms with Gasteiger partial charge in [0, 0.05) is 39.6 Å². The van der Waals surface area contributed by atoms with Gasteiger partial charge in [-0.3, -0.25) is 0 Å². The number of rotatable bonds is 8. The first-order valence-corrected chi connectivity index (χ1v) is 7.45. The average molecular weight is 295 g/mol. The first-order chi connectivity index (χ1) is 9.74. The van der Waals surface area contributed by atoms with Crippen LogP contribution in [0.2, 0.25) is 0 Å². The van der Waals surface area contributed by atoms with E-state index in [0.29, 0.717) is 6.61 Å². The second-order valence-corrected chi connectivity index (χ2v) is 5.56. The maximum absolute atomic E-state index is 5.82. The minimum Gasteiger partial charge on any atom is -0.399 e. The third-order valence-electron chi connectivity index (χ3n) is 3.01. The van der Waals surface area contributed by atoms with Crippen LogP contribution in [0.3, 0.4) is 0 Å². The SMILES string of the molecule is COCCCN(CCOC)c1nc2ccc(N)cc2s1. The molecule has 0 saturated carbocycles. The number of thiazole rings is 1. The summed E-state index contributed by atoms with van der Waals surface area (Å²) in [5.41, 5.74) is 7.58. The molecule has 2 N–H and O–H groups in total. The highest BCUT2D eigenvalue weighted by molar-refractivity contribution is 7.22. The summed E-state index contributed by atoms with van der Waals surface area (Å²) in [6, 6.07) is 5.82. The normalized spacial score (nSPS) is 11.1. The maximum Gasteiger partial charge on any atom is 0.186 e. The van der Waals surface area contributed by atoms with Crippen LogP contribution < -0.4 is 10.6 Å². The third kappa shape index (κ3) is 3.82. The second-order valence-electron chi connectivity index (χ2n) is 4.55. The number of aromatic nitrogens is 1. The van der Waals surface area contributed by atoms with E-state index in [2.05, 4.69) is 9.88 Å². The Hall–Kier alpha value is -1.37. The molecule has 0 spiro atoms. The quantitative estimate of drug-likeness (QED) is 0.598. The molecule has 0 aliphatic rings. The molecule has 0 aliphatic carbocycles. The Morgan fingerprint density at radius 3 is 2.75 bits per heavy atom. The maximum atomic E-state index is 5.82. The number of benzene rings is 1. The van der Waals surface area contributed by atoms with Crippen molar-refractivity contribution in [1.29, 1.82) is 0 Å². The van der Waals surface area contributed by atoms with E-state index in [1.807, 2.05) is 18.2 Å². The van der Waals surface area contributed by atoms with Crippen molar-refractivity contribution in [2.45, 2.75) is 6.42 Å². The van der Waals surface area contributed by atoms with E-state index in [0.717, 1.165) is 47.2 Å². The highest BCUT2D eigenvalue weighted by Crippen LogP contribution is 2.30. The van der Waals surface area contributed by atoms with Gasteiger partial charge in [0.2, 0.25) is 0 Å². The summed E-state index contributed by atoms with van der Waals surface area (Å²) in [6.07, 6.45) is 0.971. The standard InChI is InChI=1S/C14H21N3O2S/c1-18-8-3-6-17(7-9-19-2)14-16-12-5-4-11(15)10-13(12)20-14/h4-5,10H,3,6-9,15H2,1-2H3. The monoisotopic (exact) mass is 295 g/mol. The van der Waals surface area contributed by atoms with Crippen molar-refractivity contribution < 1.29 is 9.47 Å². The summed E-state index contributed by atoms with van der Waals surface area (Å²) in [5.74, 6) is 0. The van der Waals surface area contributed by atoms with E-state index in [9.17, 15) is 0 Å². The van der Waals surface area contributed by atoms with Gasteiger partial charge in [-0.05, 0) is 24.6 Å². The predicted molar refractivity (Wildman–Crippen MR) is 84.6 cm³/mol. The minimum atomic E-state index is 0.686. The smallest absolute Gasteiger partial charge is 0.186 e. The van der Waals surface area contributed by atoms with Crippen molar-refractivity contribution >= 4 is 32.4 Å². The van der Waals surface area contributed by atoms with Gasteiger partial charge in [0.15, 0.2) is 5.13 Å². The lowest BCUT2D eigenvalue weighted by molar-refractivity contribution is 0.191. The van der Waals surface area contributed by atoms with Crippen molar-refractivity contribution in [2.75, 3.05) is 51.2 Å². The van der Waals surface area contributed by atoms with Gasteiger partial charge in [-0.2, -0.15) is 0 Å². The van der Waals surface area contributed by atoms with Crippen molar-refractivity contribution in [3.63, 3.8) is 0 Å². The van der Waals surface area contributed by atoms with Gasteiger partial charge < -0.3 is 20.1 Å². The Labute approximate surface area is 123 Å². The molecule has 5 nitrogen and oxygen atoms in total. The molecule has 20 heavy (non-hydrogen) atoms. The fraction of sp³-hybridized carbons (Fsp3) is 0.500. The lowest BCUT2D eigenvalue weighted by Crippen LogP contribution is -2.28. The van der Waals surface area contributed by atoms with Crippen molar-refractivity contribution in [3.05, 3.63) is 18.2 Å². The van der Waals surface area contributed by atoms with Gasteiger partial charge >= 0.3 is 0 Å². The summed E-state index contributed by atoms with van der Waals surface area (Å²) < 4.78 is 11.4. The molecule has 6 heteroatoms. The van der Waals surface area contributed by atoms with E-state index in [4.69, 9.17) is 15.2 Å². The molecule has 2 rings (SSSR count). The van der Waals surface area contributed by atoms with Crippen LogP contribution in [-0.4, -0.2) is 45.5 Å². The molecule has 110 valence electrons. The van der Waals surface area contributed by atoms with Crippen LogP contribution in [0, 0.1) is 0 Å². The van der Waals surface area contributed by atoms with E-state index in [-0.39, 0.29) is 0 Å². The van der Waals surface area contributed by atoms with Gasteiger partial charge in [0.1, 0.15) is 0 Å². The predicted octanol–water partition coefficient (Wildman–Crippen LogP) is 2.37. The number of nitrogens with zero attached hydrogens (tertiary/aromatic N) is 2. The first kappa shape index (κ1) is 15.0. The number of ether oxygens (including phenoxy) is 2. The lowest BCUT2D eigenvalue weighted by atomic mass is 10.3. The first-order valence-electron chi connectivity index (χ1n) is 6.63. The zero-order valence-electron chi connectivity index (χ0n) is 12.0. The van der Waals surface area contributed by atoms with Crippen LogP contribution in [0.1, 0.15) is 6.42 Å². The molecule has 0 unspecified atom stereocenters. The number of anilines is 2. The van der Waals surface area contributed by atoms with Gasteiger partial charge in [0.05, 0.1) is 16.8 Å². The molecular weight excluding hydrogens is 274 g/mol. The largest absolute Gasteiger partial charge is 0.399 e. The fourth-order valence-electron chi connectivity index (χ4n) is 1.97. The van der Waals surface area contributed by atoms with Gasteiger partial charge in [-0.15, -0.1) is 0 Å². The molecule has 1 heterocycles. The number of nitrogen functional groups attached to an aromatic ring is 1. The number of hydrogen-bond donors (Lipinski definition) is 1. The van der Waals surface area contributed by atoms with Crippen molar-refractivity contribution in [3.8, 4) is 0 Å². The summed E-state index contributed by atoms with van der Waals surface area (Å²) in [6.45, 7) is 3.17. The zero-order valence-corrected chi connectivity index (χ0v) is 12.8. The molecule has 0 bridgehead atoms. The molecule has 0 fully saturated rings. The van der Waals surface area contributed by atoms with E-state index in [1.54, 1.807) is 25.6 Å². The highest BCUT2D eigenvalue weighted by atomic mass is 32.1. The Bertz CT molecular complexity index is 544. The van der Waals surface area contributed by atoms with Crippen LogP contribution in [0.5, 0.6) is 0 Å². The van der Waals surface area contributed by atoms with E-state index in [1.165, 1.54) is 0 Å². The molecular formula is C14H21N3O2S. The van der Waals surface area contributed by atoms with Crippen LogP contribution in [-0.2, 0) is 9.47 Å². The summed E-state index contributed by atoms with van der Waals surface area (Å²) >= 11 is 1.67. The Morgan fingerprint density at radius 1 is 1.20 bits per heavy atom. The lowest BCUT2D eigenvalue weighted by Gasteiger charge is -2.21. The van der Waals surface area contributed by atoms with Gasteiger partial charge in [-0.1, -0.05) is 11.3 Å². The summed E-state index contributed by atoms with van der Waals surface area (Å²) in [4.78, 5) is 6.92. The van der Waals surface area contributed by atoms with E-state index >= 15 is 0 Å². The summed E-state index contributed by atoms with van der Waals surface area (Å²) in [5, 5.41) is 1.01. The number of fused-ring (bicyclic) bond motifs is 1. The number of hydrogen-bond acceptors (Lipinski definition) is 6. The van der Waals surface area contributed by atoms with E-state index < -0.39 is 0 Å². The van der Waals surface area contributed by atoms with Crippen LogP contribution >= 0.6 is 11.3 Å². The molecule has 0 aliphatic heterocycles. The Morgan fingerprint density at radius 2 is 2.00 bits per heavy atom. The second kappa shape index (κ2) is 7.42. The summed E-state index contributed by atoms with van der Waals surface area (Å²) in [7, 11) is 3.44. The molecule has 0 atom stereocenters. The molecule has 1 aromatic heterocycles. The Balaban J connectivity index is 2.15. The van der Waals surface area contributed by atoms with Crippen LogP contribution in [0.15, 0.2) is 18.2 Å². The molecule has 1 aromatic carbocycles. The van der Waals surface area contributed by atoms with Crippen LogP contribution in [0.25, 0.3) is 10.2 Å². The highest BCUT2D eigenvalue weighted by Gasteiger charge is 2.12. The Kier molecular flexibility index (Phi) is 5.58. The molecule has 2 aromatic rings. The third-order valence-corrected chi connectivity index (χ3v) is 4.09. The number of nitrogens with two attached hydrogens (primary N) is 1. The zero-order chi connectivity index (χ0) is 14.4. The molecule has 0 saturated heterocycles. The number of methoxy groups -OCH3 is 2. The van der Waals surface area contributed by atoms with Gasteiger partial charge in [0.25, 0.3) is 0 Å². The van der Waals surface area contributed by atoms with Crippen molar-refractivity contribution in [1.82, 2.24) is 4.98 Å². The van der Waals surface area contributed by atoms with Crippen molar-refractivity contribution in [2.24, 2.45) is 0 Å². The van der Waals surface area contributed by atoms with Crippen LogP contribution in [0.4, 0.5) is 10.8 Å². The minimum absolute atomic E-state index is 0.686. The topological polar surface area (TPSA) is 60.6 Å². The van der Waals surface area contributed by atoms with Gasteiger partial charge in [-0.25, -0.2) is 4.98 Å². The fourth-order valence-corrected chi connectivity index (χ4v) is 3.03. The molecule has 0 amide bonds. The molecule has 0 radical (unpaired) electrons.